The molecule has 1 N–H and O–H groups in total. The number of rotatable bonds is 13. The molecule has 3 aromatic rings. The fourth-order valence-electron chi connectivity index (χ4n) is 4.09. The number of nitrogens with one attached hydrogen (secondary N) is 1. The second-order valence-electron chi connectivity index (χ2n) is 9.00. The first-order valence-corrected chi connectivity index (χ1v) is 14.6. The summed E-state index contributed by atoms with van der Waals surface area (Å²) >= 11 is 5.99. The number of amides is 2. The molecule has 10 heteroatoms. The summed E-state index contributed by atoms with van der Waals surface area (Å²) < 4.78 is 42.3. The van der Waals surface area contributed by atoms with E-state index in [4.69, 9.17) is 11.6 Å². The van der Waals surface area contributed by atoms with E-state index in [1.54, 1.807) is 25.1 Å². The largest absolute Gasteiger partial charge is 0.354 e. The predicted molar refractivity (Wildman–Crippen MR) is 151 cm³/mol. The number of benzene rings is 3. The highest BCUT2D eigenvalue weighted by atomic mass is 35.5. The van der Waals surface area contributed by atoms with Gasteiger partial charge in [-0.2, -0.15) is 0 Å². The van der Waals surface area contributed by atoms with Gasteiger partial charge in [0, 0.05) is 13.1 Å². The first kappa shape index (κ1) is 30.1. The van der Waals surface area contributed by atoms with E-state index in [1.807, 2.05) is 37.3 Å². The SMILES string of the molecule is CCCCNC(=O)[C@@H](CC)N(Cc1ccccc1)C(=O)CN(c1ccc(F)c(Cl)c1)S(=O)(=O)c1ccccc1. The van der Waals surface area contributed by atoms with Crippen molar-refractivity contribution >= 4 is 39.1 Å². The number of hydrogen-bond acceptors (Lipinski definition) is 4. The van der Waals surface area contributed by atoms with Gasteiger partial charge in [-0.05, 0) is 48.7 Å². The van der Waals surface area contributed by atoms with Crippen LogP contribution >= 0.6 is 11.6 Å². The van der Waals surface area contributed by atoms with Gasteiger partial charge in [-0.25, -0.2) is 12.8 Å². The van der Waals surface area contributed by atoms with Gasteiger partial charge in [0.2, 0.25) is 11.8 Å². The Bertz CT molecular complexity index is 1360. The lowest BCUT2D eigenvalue weighted by atomic mass is 10.1. The Kier molecular flexibility index (Phi) is 10.9. The molecule has 0 aromatic heterocycles. The Morgan fingerprint density at radius 2 is 1.62 bits per heavy atom. The molecule has 0 heterocycles. The van der Waals surface area contributed by atoms with Gasteiger partial charge in [0.25, 0.3) is 10.0 Å². The van der Waals surface area contributed by atoms with E-state index in [2.05, 4.69) is 5.32 Å². The van der Waals surface area contributed by atoms with Crippen LogP contribution in [-0.4, -0.2) is 44.3 Å². The Balaban J connectivity index is 2.03. The maximum Gasteiger partial charge on any atom is 0.264 e. The third-order valence-corrected chi connectivity index (χ3v) is 8.29. The zero-order valence-electron chi connectivity index (χ0n) is 22.0. The van der Waals surface area contributed by atoms with E-state index in [1.165, 1.54) is 29.2 Å². The van der Waals surface area contributed by atoms with Crippen LogP contribution in [0.3, 0.4) is 0 Å². The fourth-order valence-corrected chi connectivity index (χ4v) is 5.70. The van der Waals surface area contributed by atoms with Crippen molar-refractivity contribution in [3.63, 3.8) is 0 Å². The number of nitrogens with zero attached hydrogens (tertiary/aromatic N) is 2. The number of carbonyl (C=O) groups excluding carboxylic acids is 2. The molecule has 0 aliphatic heterocycles. The molecule has 0 radical (unpaired) electrons. The zero-order valence-corrected chi connectivity index (χ0v) is 23.6. The molecule has 208 valence electrons. The van der Waals surface area contributed by atoms with Crippen LogP contribution in [0.15, 0.2) is 83.8 Å². The van der Waals surface area contributed by atoms with Gasteiger partial charge in [0.1, 0.15) is 18.4 Å². The Morgan fingerprint density at radius 1 is 0.974 bits per heavy atom. The smallest absolute Gasteiger partial charge is 0.264 e. The molecular weight excluding hydrogens is 541 g/mol. The molecule has 0 aliphatic rings. The minimum atomic E-state index is -4.25. The lowest BCUT2D eigenvalue weighted by Crippen LogP contribution is -2.52. The fraction of sp³-hybridized carbons (Fsp3) is 0.310. The minimum Gasteiger partial charge on any atom is -0.354 e. The Hall–Kier alpha value is -3.43. The van der Waals surface area contributed by atoms with E-state index in [9.17, 15) is 22.4 Å². The second-order valence-corrected chi connectivity index (χ2v) is 11.3. The van der Waals surface area contributed by atoms with Crippen molar-refractivity contribution in [2.75, 3.05) is 17.4 Å². The molecule has 3 aromatic carbocycles. The quantitative estimate of drug-likeness (QED) is 0.277. The standard InChI is InChI=1S/C29H33ClFN3O4S/c1-3-5-18-32-29(36)27(4-2)33(20-22-12-8-6-9-13-22)28(35)21-34(23-16-17-26(31)25(30)19-23)39(37,38)24-14-10-7-11-15-24/h6-17,19,27H,3-5,18,20-21H2,1-2H3,(H,32,36)/t27-/m1/s1. The maximum atomic E-state index is 14.0. The van der Waals surface area contributed by atoms with Crippen molar-refractivity contribution in [1.82, 2.24) is 10.2 Å². The Labute approximate surface area is 234 Å². The summed E-state index contributed by atoms with van der Waals surface area (Å²) in [7, 11) is -4.25. The summed E-state index contributed by atoms with van der Waals surface area (Å²) in [6.45, 7) is 3.76. The van der Waals surface area contributed by atoms with E-state index < -0.39 is 34.3 Å². The van der Waals surface area contributed by atoms with Crippen molar-refractivity contribution in [3.05, 3.63) is 95.3 Å². The van der Waals surface area contributed by atoms with Crippen LogP contribution in [0, 0.1) is 5.82 Å². The predicted octanol–water partition coefficient (Wildman–Crippen LogP) is 5.40. The third kappa shape index (κ3) is 7.80. The summed E-state index contributed by atoms with van der Waals surface area (Å²) in [6.07, 6.45) is 2.02. The van der Waals surface area contributed by atoms with Crippen LogP contribution in [0.5, 0.6) is 0 Å². The molecular formula is C29H33ClFN3O4S. The van der Waals surface area contributed by atoms with Crippen molar-refractivity contribution in [3.8, 4) is 0 Å². The van der Waals surface area contributed by atoms with Gasteiger partial charge in [-0.3, -0.25) is 13.9 Å². The van der Waals surface area contributed by atoms with E-state index >= 15 is 0 Å². The number of unbranched alkanes of at least 4 members (excludes halogenated alkanes) is 1. The topological polar surface area (TPSA) is 86.8 Å². The van der Waals surface area contributed by atoms with Crippen molar-refractivity contribution in [2.24, 2.45) is 0 Å². The molecule has 0 saturated heterocycles. The zero-order chi connectivity index (χ0) is 28.4. The van der Waals surface area contributed by atoms with Gasteiger partial charge in [-0.15, -0.1) is 0 Å². The van der Waals surface area contributed by atoms with Gasteiger partial charge in [-0.1, -0.05) is 80.4 Å². The van der Waals surface area contributed by atoms with E-state index in [0.29, 0.717) is 13.0 Å². The normalized spacial score (nSPS) is 12.0. The molecule has 39 heavy (non-hydrogen) atoms. The number of carbonyl (C=O) groups is 2. The van der Waals surface area contributed by atoms with E-state index in [-0.39, 0.29) is 28.1 Å². The first-order chi connectivity index (χ1) is 18.7. The number of halogens is 2. The monoisotopic (exact) mass is 573 g/mol. The lowest BCUT2D eigenvalue weighted by molar-refractivity contribution is -0.140. The Morgan fingerprint density at radius 3 is 2.21 bits per heavy atom. The van der Waals surface area contributed by atoms with Gasteiger partial charge in [0.05, 0.1) is 15.6 Å². The lowest BCUT2D eigenvalue weighted by Gasteiger charge is -2.33. The van der Waals surface area contributed by atoms with Crippen LogP contribution in [0.2, 0.25) is 5.02 Å². The van der Waals surface area contributed by atoms with Crippen LogP contribution in [0.25, 0.3) is 0 Å². The van der Waals surface area contributed by atoms with Gasteiger partial charge >= 0.3 is 0 Å². The second kappa shape index (κ2) is 14.1. The average molecular weight is 574 g/mol. The highest BCUT2D eigenvalue weighted by Crippen LogP contribution is 2.28. The van der Waals surface area contributed by atoms with Crippen LogP contribution < -0.4 is 9.62 Å². The van der Waals surface area contributed by atoms with Crippen LogP contribution in [0.1, 0.15) is 38.7 Å². The molecule has 0 bridgehead atoms. The van der Waals surface area contributed by atoms with E-state index in [0.717, 1.165) is 28.8 Å². The molecule has 0 fully saturated rings. The maximum absolute atomic E-state index is 14.0. The molecule has 0 spiro atoms. The molecule has 3 rings (SSSR count). The van der Waals surface area contributed by atoms with Crippen molar-refractivity contribution < 1.29 is 22.4 Å². The number of hydrogen-bond donors (Lipinski definition) is 1. The van der Waals surface area contributed by atoms with Crippen LogP contribution in [0.4, 0.5) is 10.1 Å². The molecule has 0 aliphatic carbocycles. The summed E-state index contributed by atoms with van der Waals surface area (Å²) in [4.78, 5) is 28.4. The minimum absolute atomic E-state index is 0.0266. The first-order valence-electron chi connectivity index (χ1n) is 12.8. The van der Waals surface area contributed by atoms with Crippen molar-refractivity contribution in [2.45, 2.75) is 50.6 Å². The molecule has 0 saturated carbocycles. The number of sulfonamides is 1. The van der Waals surface area contributed by atoms with Gasteiger partial charge < -0.3 is 10.2 Å². The average Bonchev–Trinajstić information content (AvgIpc) is 2.94. The summed E-state index contributed by atoms with van der Waals surface area (Å²) in [6, 6.07) is 19.4. The highest BCUT2D eigenvalue weighted by molar-refractivity contribution is 7.92. The molecule has 7 nitrogen and oxygen atoms in total. The summed E-state index contributed by atoms with van der Waals surface area (Å²) in [5, 5.41) is 2.61. The summed E-state index contributed by atoms with van der Waals surface area (Å²) in [5.74, 6) is -1.61. The van der Waals surface area contributed by atoms with Crippen LogP contribution in [-0.2, 0) is 26.2 Å². The van der Waals surface area contributed by atoms with Crippen molar-refractivity contribution in [1.29, 1.82) is 0 Å². The summed E-state index contributed by atoms with van der Waals surface area (Å²) in [5.41, 5.74) is 0.812. The highest BCUT2D eigenvalue weighted by Gasteiger charge is 2.33. The van der Waals surface area contributed by atoms with Gasteiger partial charge in [0.15, 0.2) is 0 Å². The molecule has 2 amide bonds. The molecule has 1 atom stereocenters. The molecule has 0 unspecified atom stereocenters. The third-order valence-electron chi connectivity index (χ3n) is 6.21. The number of anilines is 1.